The molecule has 0 radical (unpaired) electrons. The molecule has 1 aliphatic rings. The van der Waals surface area contributed by atoms with E-state index in [0.29, 0.717) is 0 Å². The Labute approximate surface area is 115 Å². The quantitative estimate of drug-likeness (QED) is 0.778. The number of rotatable bonds is 2. The molecule has 0 aliphatic carbocycles. The second-order valence-corrected chi connectivity index (χ2v) is 6.25. The summed E-state index contributed by atoms with van der Waals surface area (Å²) in [6.07, 6.45) is 1.23. The van der Waals surface area contributed by atoms with E-state index in [0.717, 1.165) is 23.1 Å². The fourth-order valence-corrected chi connectivity index (χ4v) is 3.49. The molecule has 2 nitrogen and oxygen atoms in total. The highest BCUT2D eigenvalue weighted by atomic mass is 79.9. The van der Waals surface area contributed by atoms with Crippen molar-refractivity contribution in [1.82, 2.24) is 0 Å². The monoisotopic (exact) mass is 313 g/mol. The normalized spacial score (nSPS) is 16.7. The number of hydrogen-bond donors (Lipinski definition) is 0. The lowest BCUT2D eigenvalue weighted by molar-refractivity contribution is 0.101. The van der Waals surface area contributed by atoms with Crippen LogP contribution < -0.4 is 4.90 Å². The summed E-state index contributed by atoms with van der Waals surface area (Å²) in [5, 5.41) is 0. The molecule has 0 aromatic heterocycles. The molecule has 1 aromatic carbocycles. The highest BCUT2D eigenvalue weighted by Gasteiger charge is 2.13. The van der Waals surface area contributed by atoms with Crippen LogP contribution in [0.4, 0.5) is 5.69 Å². The molecule has 4 heteroatoms. The summed E-state index contributed by atoms with van der Waals surface area (Å²) < 4.78 is 1.03. The number of carbonyl (C=O) groups excluding carboxylic acids is 1. The average molecular weight is 314 g/mol. The molecule has 0 saturated carbocycles. The summed E-state index contributed by atoms with van der Waals surface area (Å²) in [6.45, 7) is 3.79. The molecule has 0 spiro atoms. The molecule has 92 valence electrons. The lowest BCUT2D eigenvalue weighted by atomic mass is 10.1. The fraction of sp³-hybridized carbons (Fsp3) is 0.462. The summed E-state index contributed by atoms with van der Waals surface area (Å²) in [5.41, 5.74) is 1.97. The van der Waals surface area contributed by atoms with Gasteiger partial charge in [0, 0.05) is 28.9 Å². The highest BCUT2D eigenvalue weighted by Crippen LogP contribution is 2.29. The van der Waals surface area contributed by atoms with Gasteiger partial charge in [-0.25, -0.2) is 0 Å². The first kappa shape index (κ1) is 13.0. The standard InChI is InChI=1S/C13H16BrNOS/c1-10(16)11-3-4-13(12(14)9-11)15-5-2-7-17-8-6-15/h3-4,9H,2,5-8H2,1H3. The zero-order valence-corrected chi connectivity index (χ0v) is 12.3. The Kier molecular flexibility index (Phi) is 4.51. The van der Waals surface area contributed by atoms with Gasteiger partial charge in [-0.05, 0) is 53.2 Å². The minimum Gasteiger partial charge on any atom is -0.370 e. The van der Waals surface area contributed by atoms with E-state index in [-0.39, 0.29) is 5.78 Å². The summed E-state index contributed by atoms with van der Waals surface area (Å²) in [6, 6.07) is 5.90. The maximum absolute atomic E-state index is 11.3. The molecule has 0 unspecified atom stereocenters. The molecule has 1 aliphatic heterocycles. The molecule has 1 aromatic rings. The first-order valence-electron chi connectivity index (χ1n) is 5.81. The van der Waals surface area contributed by atoms with E-state index < -0.39 is 0 Å². The van der Waals surface area contributed by atoms with Crippen LogP contribution in [0.5, 0.6) is 0 Å². The minimum absolute atomic E-state index is 0.115. The van der Waals surface area contributed by atoms with Crippen LogP contribution in [-0.2, 0) is 0 Å². The Bertz CT molecular complexity index is 414. The molecular weight excluding hydrogens is 298 g/mol. The predicted octanol–water partition coefficient (Wildman–Crippen LogP) is 3.60. The Hall–Kier alpha value is -0.480. The largest absolute Gasteiger partial charge is 0.370 e. The van der Waals surface area contributed by atoms with E-state index in [9.17, 15) is 4.79 Å². The Balaban J connectivity index is 2.22. The van der Waals surface area contributed by atoms with Crippen LogP contribution in [0.25, 0.3) is 0 Å². The van der Waals surface area contributed by atoms with E-state index >= 15 is 0 Å². The molecule has 0 atom stereocenters. The van der Waals surface area contributed by atoms with Crippen LogP contribution in [0.3, 0.4) is 0 Å². The molecule has 0 N–H and O–H groups in total. The van der Waals surface area contributed by atoms with Crippen molar-refractivity contribution in [2.75, 3.05) is 29.5 Å². The second kappa shape index (κ2) is 5.91. The third-order valence-corrected chi connectivity index (χ3v) is 4.60. The molecule has 1 heterocycles. The minimum atomic E-state index is 0.115. The SMILES string of the molecule is CC(=O)c1ccc(N2CCCSCC2)c(Br)c1. The van der Waals surface area contributed by atoms with Crippen LogP contribution in [0.1, 0.15) is 23.7 Å². The molecule has 1 saturated heterocycles. The number of carbonyl (C=O) groups is 1. The third-order valence-electron chi connectivity index (χ3n) is 2.92. The number of thioether (sulfide) groups is 1. The van der Waals surface area contributed by atoms with Crippen LogP contribution in [0, 0.1) is 0 Å². The van der Waals surface area contributed by atoms with Crippen molar-refractivity contribution in [1.29, 1.82) is 0 Å². The van der Waals surface area contributed by atoms with E-state index in [1.165, 1.54) is 23.6 Å². The lowest BCUT2D eigenvalue weighted by Gasteiger charge is -2.23. The topological polar surface area (TPSA) is 20.3 Å². The van der Waals surface area contributed by atoms with Crippen molar-refractivity contribution in [3.63, 3.8) is 0 Å². The number of benzene rings is 1. The number of ketones is 1. The zero-order valence-electron chi connectivity index (χ0n) is 9.91. The van der Waals surface area contributed by atoms with Gasteiger partial charge in [0.1, 0.15) is 0 Å². The third kappa shape index (κ3) is 3.26. The van der Waals surface area contributed by atoms with Crippen LogP contribution >= 0.6 is 27.7 Å². The van der Waals surface area contributed by atoms with Gasteiger partial charge in [-0.1, -0.05) is 0 Å². The van der Waals surface area contributed by atoms with E-state index in [1.807, 2.05) is 23.9 Å². The molecule has 2 rings (SSSR count). The van der Waals surface area contributed by atoms with Crippen molar-refractivity contribution < 1.29 is 4.79 Å². The molecular formula is C13H16BrNOS. The van der Waals surface area contributed by atoms with Crippen molar-refractivity contribution in [2.45, 2.75) is 13.3 Å². The van der Waals surface area contributed by atoms with Crippen LogP contribution in [0.15, 0.2) is 22.7 Å². The number of nitrogens with zero attached hydrogens (tertiary/aromatic N) is 1. The van der Waals surface area contributed by atoms with Crippen molar-refractivity contribution in [2.24, 2.45) is 0 Å². The number of Topliss-reactive ketones (excluding diaryl/α,β-unsaturated/α-hetero) is 1. The highest BCUT2D eigenvalue weighted by molar-refractivity contribution is 9.10. The Morgan fingerprint density at radius 3 is 2.88 bits per heavy atom. The number of halogens is 1. The van der Waals surface area contributed by atoms with Gasteiger partial charge >= 0.3 is 0 Å². The van der Waals surface area contributed by atoms with E-state index in [2.05, 4.69) is 26.9 Å². The number of hydrogen-bond acceptors (Lipinski definition) is 3. The lowest BCUT2D eigenvalue weighted by Crippen LogP contribution is -2.25. The maximum atomic E-state index is 11.3. The first-order valence-corrected chi connectivity index (χ1v) is 7.76. The van der Waals surface area contributed by atoms with Gasteiger partial charge in [0.25, 0.3) is 0 Å². The molecule has 0 bridgehead atoms. The van der Waals surface area contributed by atoms with E-state index in [4.69, 9.17) is 0 Å². The second-order valence-electron chi connectivity index (χ2n) is 4.18. The van der Waals surface area contributed by atoms with Gasteiger partial charge in [-0.2, -0.15) is 11.8 Å². The molecule has 0 amide bonds. The van der Waals surface area contributed by atoms with Gasteiger partial charge < -0.3 is 4.90 Å². The van der Waals surface area contributed by atoms with Gasteiger partial charge in [0.05, 0.1) is 5.69 Å². The van der Waals surface area contributed by atoms with Crippen LogP contribution in [-0.4, -0.2) is 30.4 Å². The smallest absolute Gasteiger partial charge is 0.159 e. The zero-order chi connectivity index (χ0) is 12.3. The molecule has 1 fully saturated rings. The van der Waals surface area contributed by atoms with Crippen molar-refractivity contribution in [3.8, 4) is 0 Å². The van der Waals surface area contributed by atoms with Gasteiger partial charge in [-0.3, -0.25) is 4.79 Å². The van der Waals surface area contributed by atoms with Gasteiger partial charge in [-0.15, -0.1) is 0 Å². The summed E-state index contributed by atoms with van der Waals surface area (Å²) in [4.78, 5) is 13.7. The Morgan fingerprint density at radius 1 is 1.35 bits per heavy atom. The summed E-state index contributed by atoms with van der Waals surface area (Å²) >= 11 is 5.59. The van der Waals surface area contributed by atoms with Crippen molar-refractivity contribution in [3.05, 3.63) is 28.2 Å². The van der Waals surface area contributed by atoms with E-state index in [1.54, 1.807) is 6.92 Å². The average Bonchev–Trinajstić information content (AvgIpc) is 2.57. The fourth-order valence-electron chi connectivity index (χ4n) is 1.97. The molecule has 17 heavy (non-hydrogen) atoms. The van der Waals surface area contributed by atoms with Crippen molar-refractivity contribution >= 4 is 39.2 Å². The first-order chi connectivity index (χ1) is 8.18. The van der Waals surface area contributed by atoms with Gasteiger partial charge in [0.15, 0.2) is 5.78 Å². The van der Waals surface area contributed by atoms with Gasteiger partial charge in [0.2, 0.25) is 0 Å². The summed E-state index contributed by atoms with van der Waals surface area (Å²) in [7, 11) is 0. The summed E-state index contributed by atoms with van der Waals surface area (Å²) in [5.74, 6) is 2.55. The predicted molar refractivity (Wildman–Crippen MR) is 78.3 cm³/mol. The number of anilines is 1. The Morgan fingerprint density at radius 2 is 2.18 bits per heavy atom. The van der Waals surface area contributed by atoms with Crippen LogP contribution in [0.2, 0.25) is 0 Å². The maximum Gasteiger partial charge on any atom is 0.159 e.